The maximum absolute atomic E-state index is 12.9. The van der Waals surface area contributed by atoms with E-state index in [1.165, 1.54) is 0 Å². The number of nitrogens with one attached hydrogen (secondary N) is 1. The number of urea groups is 1. The molecule has 12 heteroatoms. The Labute approximate surface area is 195 Å². The molecule has 34 heavy (non-hydrogen) atoms. The zero-order valence-electron chi connectivity index (χ0n) is 19.2. The third-order valence-corrected chi connectivity index (χ3v) is 4.64. The number of aliphatic carboxylic acids is 1. The van der Waals surface area contributed by atoms with Crippen molar-refractivity contribution >= 4 is 12.0 Å². The van der Waals surface area contributed by atoms with E-state index in [-0.39, 0.29) is 52.0 Å². The molecule has 0 saturated heterocycles. The van der Waals surface area contributed by atoms with Gasteiger partial charge in [-0.3, -0.25) is 0 Å². The molecular weight excluding hydrogens is 467 g/mol. The fourth-order valence-corrected chi connectivity index (χ4v) is 2.97. The van der Waals surface area contributed by atoms with Crippen molar-refractivity contribution in [1.82, 2.24) is 10.2 Å². The van der Waals surface area contributed by atoms with Crippen LogP contribution in [0.1, 0.15) is 38.7 Å². The highest BCUT2D eigenvalue weighted by Gasteiger charge is 2.29. The predicted molar refractivity (Wildman–Crippen MR) is 114 cm³/mol. The van der Waals surface area contributed by atoms with Gasteiger partial charge in [0.1, 0.15) is 18.9 Å². The molecule has 1 aromatic rings. The van der Waals surface area contributed by atoms with E-state index in [0.717, 1.165) is 11.8 Å². The van der Waals surface area contributed by atoms with E-state index in [2.05, 4.69) is 0 Å². The standard InChI is InChI=1S/C22H31F5N2O5/c1-3-33-18(19(30)31)14-16-6-8-17(9-7-16)34-13-12-29(11-5-4-10-21(2,23)24)20(32)28-15-22(25,26)27/h6-9,18H,3-5,10-15H2,1-2H3,(H,28,32)(H,30,31). The van der Waals surface area contributed by atoms with E-state index < -0.39 is 36.7 Å². The largest absolute Gasteiger partial charge is 0.492 e. The summed E-state index contributed by atoms with van der Waals surface area (Å²) < 4.78 is 73.8. The molecule has 1 aromatic carbocycles. The second-order valence-electron chi connectivity index (χ2n) is 7.77. The number of carboxylic acids is 1. The van der Waals surface area contributed by atoms with Gasteiger partial charge in [-0.1, -0.05) is 12.1 Å². The molecule has 0 aromatic heterocycles. The number of amides is 2. The van der Waals surface area contributed by atoms with E-state index in [9.17, 15) is 31.5 Å². The number of unbranched alkanes of at least 4 members (excludes halogenated alkanes) is 1. The number of hydrogen-bond acceptors (Lipinski definition) is 4. The Morgan fingerprint density at radius 2 is 1.74 bits per heavy atom. The number of carbonyl (C=O) groups excluding carboxylic acids is 1. The van der Waals surface area contributed by atoms with Crippen molar-refractivity contribution in [3.8, 4) is 5.75 Å². The van der Waals surface area contributed by atoms with Gasteiger partial charge in [-0.2, -0.15) is 13.2 Å². The monoisotopic (exact) mass is 498 g/mol. The Hall–Kier alpha value is -2.63. The van der Waals surface area contributed by atoms with Crippen molar-refractivity contribution in [3.63, 3.8) is 0 Å². The number of halogens is 5. The van der Waals surface area contributed by atoms with Gasteiger partial charge in [-0.05, 0) is 44.4 Å². The average Bonchev–Trinajstić information content (AvgIpc) is 2.73. The second kappa shape index (κ2) is 13.9. The summed E-state index contributed by atoms with van der Waals surface area (Å²) in [6.07, 6.45) is -5.48. The molecule has 7 nitrogen and oxygen atoms in total. The molecule has 0 saturated carbocycles. The van der Waals surface area contributed by atoms with Crippen LogP contribution in [0.5, 0.6) is 5.75 Å². The Bertz CT molecular complexity index is 754. The van der Waals surface area contributed by atoms with Gasteiger partial charge in [0.2, 0.25) is 5.92 Å². The summed E-state index contributed by atoms with van der Waals surface area (Å²) in [5, 5.41) is 10.9. The number of hydrogen-bond donors (Lipinski definition) is 2. The van der Waals surface area contributed by atoms with E-state index in [4.69, 9.17) is 14.6 Å². The number of nitrogens with zero attached hydrogens (tertiary/aromatic N) is 1. The number of rotatable bonds is 15. The Balaban J connectivity index is 2.61. The number of benzene rings is 1. The quantitative estimate of drug-likeness (QED) is 0.275. The molecule has 2 amide bonds. The summed E-state index contributed by atoms with van der Waals surface area (Å²) in [5.41, 5.74) is 0.703. The van der Waals surface area contributed by atoms with Crippen LogP contribution in [0.2, 0.25) is 0 Å². The lowest BCUT2D eigenvalue weighted by Crippen LogP contribution is -2.45. The molecule has 0 bridgehead atoms. The van der Waals surface area contributed by atoms with Crippen LogP contribution in [0, 0.1) is 0 Å². The zero-order valence-corrected chi connectivity index (χ0v) is 19.2. The molecule has 0 radical (unpaired) electrons. The third kappa shape index (κ3) is 13.2. The van der Waals surface area contributed by atoms with Gasteiger partial charge in [0, 0.05) is 26.0 Å². The molecule has 194 valence electrons. The Morgan fingerprint density at radius 1 is 1.09 bits per heavy atom. The minimum atomic E-state index is -4.58. The van der Waals surface area contributed by atoms with Crippen LogP contribution in [0.3, 0.4) is 0 Å². The smallest absolute Gasteiger partial charge is 0.405 e. The summed E-state index contributed by atoms with van der Waals surface area (Å²) in [6.45, 7) is 1.12. The van der Waals surface area contributed by atoms with Crippen LogP contribution in [-0.2, 0) is 16.0 Å². The number of carbonyl (C=O) groups is 2. The zero-order chi connectivity index (χ0) is 25.8. The van der Waals surface area contributed by atoms with Crippen LogP contribution in [0.15, 0.2) is 24.3 Å². The van der Waals surface area contributed by atoms with Gasteiger partial charge in [-0.15, -0.1) is 0 Å². The molecular formula is C22H31F5N2O5. The Kier molecular flexibility index (Phi) is 12.0. The van der Waals surface area contributed by atoms with Gasteiger partial charge < -0.3 is 24.8 Å². The van der Waals surface area contributed by atoms with Gasteiger partial charge in [0.25, 0.3) is 0 Å². The van der Waals surface area contributed by atoms with Gasteiger partial charge in [0.15, 0.2) is 6.10 Å². The van der Waals surface area contributed by atoms with Crippen molar-refractivity contribution in [1.29, 1.82) is 0 Å². The SMILES string of the molecule is CCOC(Cc1ccc(OCCN(CCCCC(C)(F)F)C(=O)NCC(F)(F)F)cc1)C(=O)O. The first kappa shape index (κ1) is 29.4. The lowest BCUT2D eigenvalue weighted by molar-refractivity contribution is -0.150. The molecule has 2 N–H and O–H groups in total. The fourth-order valence-electron chi connectivity index (χ4n) is 2.97. The molecule has 0 aliphatic heterocycles. The molecule has 0 heterocycles. The first-order chi connectivity index (χ1) is 15.8. The maximum Gasteiger partial charge on any atom is 0.405 e. The summed E-state index contributed by atoms with van der Waals surface area (Å²) in [6, 6.07) is 5.54. The van der Waals surface area contributed by atoms with Crippen molar-refractivity contribution < 1.29 is 46.1 Å². The minimum absolute atomic E-state index is 0.00390. The molecule has 1 atom stereocenters. The minimum Gasteiger partial charge on any atom is -0.492 e. The van der Waals surface area contributed by atoms with Crippen LogP contribution in [0.25, 0.3) is 0 Å². The average molecular weight is 498 g/mol. The Morgan fingerprint density at radius 3 is 2.26 bits per heavy atom. The summed E-state index contributed by atoms with van der Waals surface area (Å²) in [4.78, 5) is 24.4. The van der Waals surface area contributed by atoms with E-state index >= 15 is 0 Å². The second-order valence-corrected chi connectivity index (χ2v) is 7.77. The van der Waals surface area contributed by atoms with Crippen molar-refractivity contribution in [3.05, 3.63) is 29.8 Å². The van der Waals surface area contributed by atoms with Crippen LogP contribution >= 0.6 is 0 Å². The van der Waals surface area contributed by atoms with E-state index in [1.54, 1.807) is 36.5 Å². The first-order valence-electron chi connectivity index (χ1n) is 10.8. The predicted octanol–water partition coefficient (Wildman–Crippen LogP) is 4.50. The van der Waals surface area contributed by atoms with Crippen LogP contribution in [-0.4, -0.2) is 73.1 Å². The van der Waals surface area contributed by atoms with Gasteiger partial charge in [0.05, 0.1) is 6.54 Å². The van der Waals surface area contributed by atoms with Crippen molar-refractivity contribution in [2.75, 3.05) is 32.8 Å². The van der Waals surface area contributed by atoms with Crippen molar-refractivity contribution in [2.24, 2.45) is 0 Å². The normalized spacial score (nSPS) is 12.8. The number of alkyl halides is 5. The van der Waals surface area contributed by atoms with E-state index in [0.29, 0.717) is 11.3 Å². The highest BCUT2D eigenvalue weighted by Crippen LogP contribution is 2.20. The molecule has 0 aliphatic carbocycles. The first-order valence-corrected chi connectivity index (χ1v) is 10.8. The summed E-state index contributed by atoms with van der Waals surface area (Å²) >= 11 is 0. The highest BCUT2D eigenvalue weighted by molar-refractivity contribution is 5.74. The third-order valence-electron chi connectivity index (χ3n) is 4.64. The van der Waals surface area contributed by atoms with Gasteiger partial charge in [-0.25, -0.2) is 18.4 Å². The molecule has 0 fully saturated rings. The molecule has 1 rings (SSSR count). The van der Waals surface area contributed by atoms with E-state index in [1.807, 2.05) is 0 Å². The molecule has 0 spiro atoms. The number of ether oxygens (including phenoxy) is 2. The highest BCUT2D eigenvalue weighted by atomic mass is 19.4. The lowest BCUT2D eigenvalue weighted by atomic mass is 10.1. The van der Waals surface area contributed by atoms with Crippen molar-refractivity contribution in [2.45, 2.75) is 57.7 Å². The van der Waals surface area contributed by atoms with Crippen LogP contribution in [0.4, 0.5) is 26.7 Å². The van der Waals surface area contributed by atoms with Gasteiger partial charge >= 0.3 is 18.2 Å². The summed E-state index contributed by atoms with van der Waals surface area (Å²) in [5.74, 6) is -3.52. The number of carboxylic acid groups (broad SMARTS) is 1. The topological polar surface area (TPSA) is 88.1 Å². The lowest BCUT2D eigenvalue weighted by Gasteiger charge is -2.24. The fraction of sp³-hybridized carbons (Fsp3) is 0.636. The molecule has 1 unspecified atom stereocenters. The molecule has 0 aliphatic rings. The maximum atomic E-state index is 12.9. The summed E-state index contributed by atoms with van der Waals surface area (Å²) in [7, 11) is 0. The van der Waals surface area contributed by atoms with Crippen LogP contribution < -0.4 is 10.1 Å².